The van der Waals surface area contributed by atoms with Crippen molar-refractivity contribution in [3.8, 4) is 5.75 Å². The predicted molar refractivity (Wildman–Crippen MR) is 423 cm³/mol. The van der Waals surface area contributed by atoms with Crippen molar-refractivity contribution in [3.63, 3.8) is 0 Å². The van der Waals surface area contributed by atoms with Crippen molar-refractivity contribution in [3.05, 3.63) is 83.9 Å². The number of aromatic nitrogens is 2. The molecule has 0 aliphatic carbocycles. The molecule has 4 fully saturated rings. The highest BCUT2D eigenvalue weighted by Gasteiger charge is 2.44. The van der Waals surface area contributed by atoms with E-state index in [2.05, 4.69) is 73.1 Å². The largest absolute Gasteiger partial charge is 0.489 e. The SMILES string of the molecule is CCCC[C@H](NC(=O)[C@@H]1CCCN1C(=O)CNC(=O)[C@H](CCCCN)NC(=O)[C@H](Cc1cnc[nH]1)NC(=O)[C@H](CO)NC(=O)[C@H](CC(C)C)NC(=O)[C@H](CCCN=C(N)N)NC(=O)[C@@H]1CCCN1C(=O)[C@H](CCCN=C(N)N)NC(=O)[C@@H]1CCC(=O)N1)C(=O)N1CCC[C@H]1C(=O)N[C@@H](Cc1ccc(OCc2ccccc2)cc1)C(=O)O. The molecule has 12 atom stereocenters. The van der Waals surface area contributed by atoms with E-state index >= 15 is 0 Å². The van der Waals surface area contributed by atoms with Crippen LogP contribution in [0.3, 0.4) is 0 Å². The van der Waals surface area contributed by atoms with Crippen molar-refractivity contribution in [2.45, 2.75) is 235 Å². The Balaban J connectivity index is 0.970. The molecule has 3 aromatic rings. The van der Waals surface area contributed by atoms with Gasteiger partial charge in [-0.25, -0.2) is 9.78 Å². The number of nitrogens with zero attached hydrogens (tertiary/aromatic N) is 6. The number of nitrogens with two attached hydrogens (primary N) is 5. The van der Waals surface area contributed by atoms with Gasteiger partial charge in [-0.15, -0.1) is 0 Å². The molecule has 4 aliphatic heterocycles. The first kappa shape index (κ1) is 91.7. The van der Waals surface area contributed by atoms with Gasteiger partial charge in [-0.2, -0.15) is 0 Å². The van der Waals surface area contributed by atoms with Gasteiger partial charge in [0.05, 0.1) is 19.5 Å². The second-order valence-electron chi connectivity index (χ2n) is 29.9. The van der Waals surface area contributed by atoms with E-state index in [1.54, 1.807) is 38.1 Å². The van der Waals surface area contributed by atoms with Gasteiger partial charge in [0.25, 0.3) is 0 Å². The van der Waals surface area contributed by atoms with E-state index in [0.29, 0.717) is 68.6 Å². The van der Waals surface area contributed by atoms with Crippen LogP contribution in [0.4, 0.5) is 0 Å². The molecular weight excluding hydrogens is 1500 g/mol. The van der Waals surface area contributed by atoms with Crippen LogP contribution in [-0.4, -0.2) is 254 Å². The summed E-state index contributed by atoms with van der Waals surface area (Å²) in [5.74, 6) is -10.9. The molecule has 0 saturated carbocycles. The van der Waals surface area contributed by atoms with Crippen LogP contribution in [-0.2, 0) is 86.6 Å². The fraction of sp³-hybridized carbons (Fsp3) is 0.597. The number of guanidine groups is 2. The van der Waals surface area contributed by atoms with Crippen molar-refractivity contribution in [2.75, 3.05) is 52.4 Å². The van der Waals surface area contributed by atoms with Crippen molar-refractivity contribution in [1.29, 1.82) is 0 Å². The quantitative estimate of drug-likeness (QED) is 0.0149. The van der Waals surface area contributed by atoms with Gasteiger partial charge in [0.2, 0.25) is 76.8 Å². The van der Waals surface area contributed by atoms with E-state index in [1.165, 1.54) is 27.2 Å². The lowest BCUT2D eigenvalue weighted by molar-refractivity contribution is -0.145. The number of hydrogen-bond acceptors (Lipinski definition) is 20. The van der Waals surface area contributed by atoms with E-state index in [9.17, 15) is 77.3 Å². The summed E-state index contributed by atoms with van der Waals surface area (Å²) < 4.78 is 5.87. The standard InChI is InChI=1S/C77H116N22O17/c1-4-5-18-53(73(112)99-36-15-24-61(99)72(111)95-57(75(114)115)38-46-25-27-49(28-26-46)116-43-47-16-7-6-8-17-47)92-70(109)59-22-13-34-97(59)63(102)41-86-64(103)50(19-9-10-31-78)89-68(107)56(39-48-40-83-44-87-48)94-69(108)58(42-100)96-67(106)55(37-45(2)3)93-65(104)51(20-11-32-84-76(79)80)90-71(110)60-23-14-35-98(60)74(113)54(21-12-33-85-77(81)82)91-66(105)52-29-30-62(101)88-52/h6-8,16-17,25-28,40,44-45,50-61,100H,4-5,9-15,18-24,29-39,41-43,78H2,1-3H3,(H,83,87)(H,86,103)(H,88,101)(H,89,107)(H,90,110)(H,91,105)(H,92,109)(H,93,104)(H,94,108)(H,95,111)(H,96,106)(H,114,115)(H4,79,80,84)(H4,81,82,85)/t50-,51-,52-,53-,54-,55-,56-,57-,58-,59-,60-,61-/m0/s1. The maximum Gasteiger partial charge on any atom is 0.326 e. The van der Waals surface area contributed by atoms with E-state index < -0.39 is 163 Å². The number of aliphatic carboxylic acids is 1. The monoisotopic (exact) mass is 1620 g/mol. The van der Waals surface area contributed by atoms with Gasteiger partial charge in [-0.1, -0.05) is 76.1 Å². The normalized spacial score (nSPS) is 18.4. The number of amides is 13. The highest BCUT2D eigenvalue weighted by molar-refractivity contribution is 6.00. The summed E-state index contributed by atoms with van der Waals surface area (Å²) in [4.78, 5) is 215. The number of carboxylic acids is 1. The molecule has 2 aromatic carbocycles. The van der Waals surface area contributed by atoms with Gasteiger partial charge in [0.1, 0.15) is 84.9 Å². The Morgan fingerprint density at radius 2 is 1.06 bits per heavy atom. The van der Waals surface area contributed by atoms with E-state index in [1.807, 2.05) is 37.3 Å². The number of benzene rings is 2. The fourth-order valence-corrected chi connectivity index (χ4v) is 14.3. The molecular formula is C77H116N22O17. The van der Waals surface area contributed by atoms with Crippen molar-refractivity contribution >= 4 is 94.7 Å². The maximum absolute atomic E-state index is 14.6. The summed E-state index contributed by atoms with van der Waals surface area (Å²) in [6, 6.07) is 1.19. The van der Waals surface area contributed by atoms with Crippen LogP contribution < -0.4 is 86.6 Å². The van der Waals surface area contributed by atoms with Crippen LogP contribution >= 0.6 is 0 Å². The van der Waals surface area contributed by atoms with Crippen LogP contribution in [0.1, 0.15) is 160 Å². The van der Waals surface area contributed by atoms with Crippen LogP contribution in [0.15, 0.2) is 77.1 Å². The molecule has 636 valence electrons. The number of aliphatic imine (C=N–C) groups is 2. The van der Waals surface area contributed by atoms with Gasteiger partial charge in [0, 0.05) is 63.9 Å². The van der Waals surface area contributed by atoms with Gasteiger partial charge in [-0.3, -0.25) is 72.3 Å². The summed E-state index contributed by atoms with van der Waals surface area (Å²) in [5, 5.41) is 47.5. The number of carboxylic acid groups (broad SMARTS) is 1. The summed E-state index contributed by atoms with van der Waals surface area (Å²) >= 11 is 0. The predicted octanol–water partition coefficient (Wildman–Crippen LogP) is -3.43. The smallest absolute Gasteiger partial charge is 0.326 e. The topological polar surface area (TPSA) is 602 Å². The van der Waals surface area contributed by atoms with Crippen LogP contribution in [0.2, 0.25) is 0 Å². The number of aliphatic hydroxyl groups excluding tert-OH is 1. The molecule has 5 heterocycles. The van der Waals surface area contributed by atoms with Gasteiger partial charge >= 0.3 is 5.97 Å². The number of aliphatic hydroxyl groups is 1. The van der Waals surface area contributed by atoms with Crippen LogP contribution in [0.25, 0.3) is 0 Å². The van der Waals surface area contributed by atoms with E-state index in [0.717, 1.165) is 5.56 Å². The second-order valence-corrected chi connectivity index (χ2v) is 29.9. The minimum absolute atomic E-state index is 0.0110. The number of imidazole rings is 1. The highest BCUT2D eigenvalue weighted by Crippen LogP contribution is 2.25. The molecule has 39 heteroatoms. The third kappa shape index (κ3) is 28.8. The number of hydrogen-bond donors (Lipinski definition) is 18. The minimum atomic E-state index is -1.78. The molecule has 13 amide bonds. The van der Waals surface area contributed by atoms with E-state index in [4.69, 9.17) is 33.4 Å². The lowest BCUT2D eigenvalue weighted by Gasteiger charge is -2.31. The number of rotatable bonds is 47. The number of carbonyl (C=O) groups is 14. The molecule has 39 nitrogen and oxygen atoms in total. The average molecular weight is 1620 g/mol. The number of likely N-dealkylation sites (tertiary alicyclic amines) is 3. The molecule has 116 heavy (non-hydrogen) atoms. The van der Waals surface area contributed by atoms with Crippen molar-refractivity contribution < 1.29 is 82.1 Å². The molecule has 4 saturated heterocycles. The van der Waals surface area contributed by atoms with Crippen molar-refractivity contribution in [2.24, 2.45) is 44.6 Å². The molecule has 1 aromatic heterocycles. The first-order valence-electron chi connectivity index (χ1n) is 39.9. The minimum Gasteiger partial charge on any atom is -0.489 e. The van der Waals surface area contributed by atoms with Gasteiger partial charge in [0.15, 0.2) is 11.9 Å². The molecule has 23 N–H and O–H groups in total. The number of nitrogens with one attached hydrogen (secondary N) is 11. The summed E-state index contributed by atoms with van der Waals surface area (Å²) in [5.41, 5.74) is 29.9. The third-order valence-electron chi connectivity index (χ3n) is 20.5. The first-order valence-corrected chi connectivity index (χ1v) is 39.9. The van der Waals surface area contributed by atoms with Gasteiger partial charge < -0.3 is 116 Å². The Kier molecular flexibility index (Phi) is 36.9. The highest BCUT2D eigenvalue weighted by atomic mass is 16.5. The Morgan fingerprint density at radius 3 is 1.60 bits per heavy atom. The lowest BCUT2D eigenvalue weighted by Crippen LogP contribution is -2.61. The van der Waals surface area contributed by atoms with Crippen LogP contribution in [0, 0.1) is 5.92 Å². The summed E-state index contributed by atoms with van der Waals surface area (Å²) in [7, 11) is 0. The molecule has 0 spiro atoms. The average Bonchev–Trinajstić information content (AvgIpc) is 1.79. The second kappa shape index (κ2) is 46.7. The molecule has 0 radical (unpaired) electrons. The first-order chi connectivity index (χ1) is 55.6. The number of aromatic amines is 1. The van der Waals surface area contributed by atoms with Gasteiger partial charge in [-0.05, 0) is 138 Å². The van der Waals surface area contributed by atoms with Crippen molar-refractivity contribution in [1.82, 2.24) is 77.8 Å². The molecule has 0 unspecified atom stereocenters. The number of unbranched alkanes of at least 4 members (excludes halogenated alkanes) is 2. The molecule has 7 rings (SSSR count). The third-order valence-corrected chi connectivity index (χ3v) is 20.5. The zero-order chi connectivity index (χ0) is 84.4. The Labute approximate surface area is 673 Å². The van der Waals surface area contributed by atoms with E-state index in [-0.39, 0.29) is 153 Å². The Morgan fingerprint density at radius 1 is 0.560 bits per heavy atom. The zero-order valence-electron chi connectivity index (χ0n) is 66.2. The Bertz CT molecular complexity index is 3880. The zero-order valence-corrected chi connectivity index (χ0v) is 66.2. The summed E-state index contributed by atoms with van der Waals surface area (Å²) in [6.45, 7) is 4.77. The molecule has 4 aliphatic rings. The fourth-order valence-electron chi connectivity index (χ4n) is 14.3. The lowest BCUT2D eigenvalue weighted by atomic mass is 10.0. The number of ether oxygens (including phenoxy) is 1. The number of carbonyl (C=O) groups excluding carboxylic acids is 13. The summed E-state index contributed by atoms with van der Waals surface area (Å²) in [6.07, 6.45) is 6.77. The van der Waals surface area contributed by atoms with Crippen LogP contribution in [0.5, 0.6) is 5.75 Å². The Hall–Kier alpha value is -11.5. The molecule has 0 bridgehead atoms. The maximum atomic E-state index is 14.6. The number of H-pyrrole nitrogens is 1.